The lowest BCUT2D eigenvalue weighted by molar-refractivity contribution is -0.121. The molecule has 4 N–H and O–H groups in total. The Kier molecular flexibility index (Phi) is 4.14. The topological polar surface area (TPSA) is 78.6 Å². The molecule has 0 bridgehead atoms. The van der Waals surface area contributed by atoms with E-state index in [1.807, 2.05) is 0 Å². The molecule has 1 heterocycles. The summed E-state index contributed by atoms with van der Waals surface area (Å²) in [5.74, 6) is 4.79. The minimum Gasteiger partial charge on any atom is -0.392 e. The number of piperidine rings is 1. The number of carbonyl (C=O) groups is 1. The monoisotopic (exact) mass is 187 g/mol. The van der Waals surface area contributed by atoms with Gasteiger partial charge < -0.3 is 10.0 Å². The molecule has 13 heavy (non-hydrogen) atoms. The third kappa shape index (κ3) is 3.71. The van der Waals surface area contributed by atoms with E-state index in [1.165, 1.54) is 0 Å². The lowest BCUT2D eigenvalue weighted by atomic mass is 10.1. The first-order chi connectivity index (χ1) is 6.22. The molecule has 1 aliphatic rings. The molecule has 0 aromatic carbocycles. The first-order valence-corrected chi connectivity index (χ1v) is 4.62. The Morgan fingerprint density at radius 1 is 1.69 bits per heavy atom. The summed E-state index contributed by atoms with van der Waals surface area (Å²) in [5.41, 5.74) is 2.09. The molecule has 0 aromatic rings. The Morgan fingerprint density at radius 3 is 3.08 bits per heavy atom. The summed E-state index contributed by atoms with van der Waals surface area (Å²) in [4.78, 5) is 12.9. The first-order valence-electron chi connectivity index (χ1n) is 4.62. The molecule has 1 unspecified atom stereocenters. The zero-order chi connectivity index (χ0) is 9.68. The highest BCUT2D eigenvalue weighted by Gasteiger charge is 2.17. The zero-order valence-corrected chi connectivity index (χ0v) is 7.70. The first kappa shape index (κ1) is 10.4. The Labute approximate surface area is 77.9 Å². The Balaban J connectivity index is 2.17. The van der Waals surface area contributed by atoms with E-state index in [2.05, 4.69) is 10.3 Å². The van der Waals surface area contributed by atoms with Crippen molar-refractivity contribution in [2.24, 2.45) is 5.84 Å². The largest absolute Gasteiger partial charge is 0.392 e. The van der Waals surface area contributed by atoms with Crippen LogP contribution in [0.2, 0.25) is 0 Å². The summed E-state index contributed by atoms with van der Waals surface area (Å²) in [5, 5.41) is 9.34. The van der Waals surface area contributed by atoms with Crippen LogP contribution in [0.4, 0.5) is 0 Å². The van der Waals surface area contributed by atoms with Crippen LogP contribution in [0.15, 0.2) is 0 Å². The molecular formula is C8H17N3O2. The van der Waals surface area contributed by atoms with E-state index in [0.717, 1.165) is 19.4 Å². The average molecular weight is 187 g/mol. The van der Waals surface area contributed by atoms with Gasteiger partial charge in [-0.25, -0.2) is 5.84 Å². The van der Waals surface area contributed by atoms with Crippen molar-refractivity contribution >= 4 is 5.91 Å². The minimum atomic E-state index is -0.227. The molecule has 0 aromatic heterocycles. The van der Waals surface area contributed by atoms with E-state index in [9.17, 15) is 9.90 Å². The number of hydrogen-bond acceptors (Lipinski definition) is 4. The number of likely N-dealkylation sites (tertiary alicyclic amines) is 1. The van der Waals surface area contributed by atoms with Crippen molar-refractivity contribution in [3.8, 4) is 0 Å². The fraction of sp³-hybridized carbons (Fsp3) is 0.875. The maximum absolute atomic E-state index is 10.8. The second-order valence-corrected chi connectivity index (χ2v) is 3.41. The van der Waals surface area contributed by atoms with Crippen LogP contribution in [-0.4, -0.2) is 41.7 Å². The van der Waals surface area contributed by atoms with Gasteiger partial charge in [-0.05, 0) is 19.4 Å². The number of hydrogen-bond donors (Lipinski definition) is 3. The van der Waals surface area contributed by atoms with Crippen LogP contribution in [0.1, 0.15) is 19.3 Å². The van der Waals surface area contributed by atoms with Gasteiger partial charge in [0.25, 0.3) is 0 Å². The lowest BCUT2D eigenvalue weighted by Gasteiger charge is -2.29. The van der Waals surface area contributed by atoms with Crippen molar-refractivity contribution in [1.29, 1.82) is 0 Å². The predicted octanol–water partition coefficient (Wildman–Crippen LogP) is -1.18. The van der Waals surface area contributed by atoms with Gasteiger partial charge in [-0.2, -0.15) is 0 Å². The minimum absolute atomic E-state index is 0.153. The Hall–Kier alpha value is -0.650. The highest BCUT2D eigenvalue weighted by atomic mass is 16.3. The molecule has 5 nitrogen and oxygen atoms in total. The molecule has 1 rings (SSSR count). The van der Waals surface area contributed by atoms with Gasteiger partial charge in [-0.3, -0.25) is 10.2 Å². The van der Waals surface area contributed by atoms with Crippen LogP contribution in [0.5, 0.6) is 0 Å². The van der Waals surface area contributed by atoms with Gasteiger partial charge in [-0.15, -0.1) is 0 Å². The smallest absolute Gasteiger partial charge is 0.235 e. The van der Waals surface area contributed by atoms with Crippen molar-refractivity contribution in [3.05, 3.63) is 0 Å². The van der Waals surface area contributed by atoms with Crippen LogP contribution in [0.25, 0.3) is 0 Å². The van der Waals surface area contributed by atoms with Crippen molar-refractivity contribution in [1.82, 2.24) is 10.3 Å². The zero-order valence-electron chi connectivity index (χ0n) is 7.70. The molecule has 0 saturated carbocycles. The molecule has 1 fully saturated rings. The number of hydrazine groups is 1. The number of carbonyl (C=O) groups excluding carboxylic acids is 1. The van der Waals surface area contributed by atoms with E-state index in [-0.39, 0.29) is 12.0 Å². The summed E-state index contributed by atoms with van der Waals surface area (Å²) in [7, 11) is 0. The third-order valence-corrected chi connectivity index (χ3v) is 2.30. The number of nitrogens with zero attached hydrogens (tertiary/aromatic N) is 1. The molecule has 1 aliphatic heterocycles. The number of nitrogens with one attached hydrogen (secondary N) is 1. The van der Waals surface area contributed by atoms with Gasteiger partial charge >= 0.3 is 0 Å². The molecule has 76 valence electrons. The van der Waals surface area contributed by atoms with Gasteiger partial charge in [0.15, 0.2) is 0 Å². The number of rotatable bonds is 3. The standard InChI is InChI=1S/C8H17N3O2/c9-10-8(13)3-5-11-4-1-2-7(12)6-11/h7,12H,1-6,9H2,(H,10,13). The van der Waals surface area contributed by atoms with Gasteiger partial charge in [0, 0.05) is 19.5 Å². The van der Waals surface area contributed by atoms with Crippen molar-refractivity contribution in [2.75, 3.05) is 19.6 Å². The summed E-state index contributed by atoms with van der Waals surface area (Å²) < 4.78 is 0. The van der Waals surface area contributed by atoms with Crippen molar-refractivity contribution in [2.45, 2.75) is 25.4 Å². The van der Waals surface area contributed by atoms with E-state index >= 15 is 0 Å². The van der Waals surface area contributed by atoms with E-state index in [0.29, 0.717) is 19.5 Å². The fourth-order valence-corrected chi connectivity index (χ4v) is 1.57. The molecule has 1 amide bonds. The quantitative estimate of drug-likeness (QED) is 0.295. The molecule has 0 radical (unpaired) electrons. The van der Waals surface area contributed by atoms with Crippen LogP contribution in [0.3, 0.4) is 0 Å². The second-order valence-electron chi connectivity index (χ2n) is 3.41. The second kappa shape index (κ2) is 5.16. The van der Waals surface area contributed by atoms with Crippen LogP contribution in [0, 0.1) is 0 Å². The summed E-state index contributed by atoms with van der Waals surface area (Å²) in [6, 6.07) is 0. The highest BCUT2D eigenvalue weighted by Crippen LogP contribution is 2.09. The Morgan fingerprint density at radius 2 is 2.46 bits per heavy atom. The number of nitrogens with two attached hydrogens (primary N) is 1. The summed E-state index contributed by atoms with van der Waals surface area (Å²) in [6.07, 6.45) is 2.06. The maximum Gasteiger partial charge on any atom is 0.235 e. The van der Waals surface area contributed by atoms with Crippen molar-refractivity contribution in [3.63, 3.8) is 0 Å². The number of aliphatic hydroxyl groups excluding tert-OH is 1. The number of amides is 1. The van der Waals surface area contributed by atoms with E-state index in [4.69, 9.17) is 5.84 Å². The van der Waals surface area contributed by atoms with E-state index in [1.54, 1.807) is 0 Å². The van der Waals surface area contributed by atoms with Crippen molar-refractivity contribution < 1.29 is 9.90 Å². The molecule has 1 saturated heterocycles. The SMILES string of the molecule is NNC(=O)CCN1CCCC(O)C1. The van der Waals surface area contributed by atoms with Gasteiger partial charge in [0.2, 0.25) is 5.91 Å². The molecular weight excluding hydrogens is 170 g/mol. The predicted molar refractivity (Wildman–Crippen MR) is 48.6 cm³/mol. The highest BCUT2D eigenvalue weighted by molar-refractivity contribution is 5.75. The maximum atomic E-state index is 10.8. The Bertz CT molecular complexity index is 175. The molecule has 5 heteroatoms. The lowest BCUT2D eigenvalue weighted by Crippen LogP contribution is -2.41. The third-order valence-electron chi connectivity index (χ3n) is 2.30. The average Bonchev–Trinajstić information content (AvgIpc) is 2.14. The van der Waals surface area contributed by atoms with E-state index < -0.39 is 0 Å². The molecule has 0 aliphatic carbocycles. The number of aliphatic hydroxyl groups is 1. The fourth-order valence-electron chi connectivity index (χ4n) is 1.57. The van der Waals surface area contributed by atoms with Crippen LogP contribution >= 0.6 is 0 Å². The summed E-state index contributed by atoms with van der Waals surface area (Å²) in [6.45, 7) is 2.33. The normalized spacial score (nSPS) is 24.3. The molecule has 0 spiro atoms. The van der Waals surface area contributed by atoms with Gasteiger partial charge in [0.05, 0.1) is 6.10 Å². The number of β-amino-alcohol motifs (C(OH)–C–C–N with tert-alkyl or cyclic N) is 1. The molecule has 1 atom stereocenters. The van der Waals surface area contributed by atoms with Gasteiger partial charge in [0.1, 0.15) is 0 Å². The summed E-state index contributed by atoms with van der Waals surface area (Å²) >= 11 is 0. The van der Waals surface area contributed by atoms with Gasteiger partial charge in [-0.1, -0.05) is 0 Å². The van der Waals surface area contributed by atoms with Crippen LogP contribution in [-0.2, 0) is 4.79 Å². The van der Waals surface area contributed by atoms with Crippen LogP contribution < -0.4 is 11.3 Å².